The van der Waals surface area contributed by atoms with E-state index in [9.17, 15) is 9.59 Å². The summed E-state index contributed by atoms with van der Waals surface area (Å²) in [7, 11) is 1.61. The largest absolute Gasteiger partial charge is 0.490 e. The van der Waals surface area contributed by atoms with Crippen LogP contribution in [0, 0.1) is 6.92 Å². The highest BCUT2D eigenvalue weighted by molar-refractivity contribution is 5.96. The number of ether oxygens (including phenoxy) is 3. The number of carbonyl (C=O) groups is 2. The minimum atomic E-state index is -0.517. The molecule has 8 heteroatoms. The molecule has 1 fully saturated rings. The number of fused-ring (bicyclic) bond motifs is 2. The molecule has 2 N–H and O–H groups in total. The van der Waals surface area contributed by atoms with Crippen molar-refractivity contribution in [2.45, 2.75) is 96.9 Å². The summed E-state index contributed by atoms with van der Waals surface area (Å²) in [5.41, 5.74) is 3.93. The van der Waals surface area contributed by atoms with Gasteiger partial charge in [-0.1, -0.05) is 18.2 Å². The maximum atomic E-state index is 13.4. The first kappa shape index (κ1) is 28.5. The molecule has 2 heterocycles. The predicted molar refractivity (Wildman–Crippen MR) is 150 cm³/mol. The van der Waals surface area contributed by atoms with Crippen molar-refractivity contribution in [3.8, 4) is 11.6 Å². The molecule has 0 atom stereocenters. The number of rotatable bonds is 4. The summed E-state index contributed by atoms with van der Waals surface area (Å²) < 4.78 is 17.4. The lowest BCUT2D eigenvalue weighted by atomic mass is 9.92. The summed E-state index contributed by atoms with van der Waals surface area (Å²) in [6, 6.07) is 7.81. The average molecular weight is 536 g/mol. The highest BCUT2D eigenvalue weighted by Crippen LogP contribution is 2.30. The minimum absolute atomic E-state index is 0.0204. The fourth-order valence-corrected chi connectivity index (χ4v) is 5.22. The number of aromatic nitrogens is 1. The third-order valence-corrected chi connectivity index (χ3v) is 7.06. The topological polar surface area (TPSA) is 98.8 Å². The number of alkyl carbamates (subject to hydrolysis) is 1. The third-order valence-electron chi connectivity index (χ3n) is 7.06. The molecule has 1 saturated carbocycles. The first-order chi connectivity index (χ1) is 18.6. The second-order valence-corrected chi connectivity index (χ2v) is 11.3. The average Bonchev–Trinajstić information content (AvgIpc) is 2.87. The molecule has 210 valence electrons. The summed E-state index contributed by atoms with van der Waals surface area (Å²) in [5.74, 6) is 1.15. The molecule has 1 aliphatic heterocycles. The molecule has 39 heavy (non-hydrogen) atoms. The van der Waals surface area contributed by atoms with E-state index in [0.717, 1.165) is 66.7 Å². The number of aryl methyl sites for hydroxylation is 2. The van der Waals surface area contributed by atoms with E-state index >= 15 is 0 Å². The Morgan fingerprint density at radius 2 is 1.87 bits per heavy atom. The Hall–Kier alpha value is -3.55. The van der Waals surface area contributed by atoms with Gasteiger partial charge < -0.3 is 24.8 Å². The molecule has 0 bridgehead atoms. The standard InChI is InChI=1S/C31H41N3O5/c1-20-18-21-10-7-6-8-11-24-25(28(35)32-19-26(21)29(33-20)37-5)12-9-13-27(24)38-23-16-14-22(15-17-23)34-30(36)39-31(2,3)4/h6,8-9,12-13,18,22-23H,7,10-11,14-17,19H2,1-5H3,(H,32,35)(H,34,36)/b8-6-. The quantitative estimate of drug-likeness (QED) is 0.496. The van der Waals surface area contributed by atoms with E-state index in [1.54, 1.807) is 7.11 Å². The number of allylic oxidation sites excluding steroid dienone is 2. The van der Waals surface area contributed by atoms with Gasteiger partial charge in [0.05, 0.1) is 13.2 Å². The van der Waals surface area contributed by atoms with E-state index in [1.165, 1.54) is 0 Å². The van der Waals surface area contributed by atoms with Crippen molar-refractivity contribution in [2.24, 2.45) is 0 Å². The first-order valence-corrected chi connectivity index (χ1v) is 13.9. The molecular formula is C31H41N3O5. The minimum Gasteiger partial charge on any atom is -0.490 e. The van der Waals surface area contributed by atoms with E-state index < -0.39 is 5.60 Å². The van der Waals surface area contributed by atoms with Crippen LogP contribution in [0.3, 0.4) is 0 Å². The van der Waals surface area contributed by atoms with Crippen LogP contribution in [-0.4, -0.2) is 41.8 Å². The monoisotopic (exact) mass is 535 g/mol. The van der Waals surface area contributed by atoms with Crippen LogP contribution < -0.4 is 20.1 Å². The van der Waals surface area contributed by atoms with Crippen LogP contribution in [0.4, 0.5) is 4.79 Å². The Labute approximate surface area is 231 Å². The van der Waals surface area contributed by atoms with Crippen molar-refractivity contribution in [2.75, 3.05) is 7.11 Å². The molecule has 0 saturated heterocycles. The maximum absolute atomic E-state index is 13.4. The Morgan fingerprint density at radius 3 is 2.59 bits per heavy atom. The van der Waals surface area contributed by atoms with Gasteiger partial charge in [0.25, 0.3) is 5.91 Å². The second kappa shape index (κ2) is 12.5. The van der Waals surface area contributed by atoms with Gasteiger partial charge in [0.1, 0.15) is 11.4 Å². The highest BCUT2D eigenvalue weighted by Gasteiger charge is 2.27. The van der Waals surface area contributed by atoms with Crippen LogP contribution >= 0.6 is 0 Å². The van der Waals surface area contributed by atoms with Gasteiger partial charge in [-0.2, -0.15) is 0 Å². The van der Waals surface area contributed by atoms with E-state index in [4.69, 9.17) is 14.2 Å². The second-order valence-electron chi connectivity index (χ2n) is 11.3. The fourth-order valence-electron chi connectivity index (χ4n) is 5.22. The molecule has 2 aliphatic rings. The normalized spacial score (nSPS) is 20.7. The van der Waals surface area contributed by atoms with Gasteiger partial charge in [0.2, 0.25) is 5.88 Å². The number of amides is 2. The zero-order chi connectivity index (χ0) is 28.0. The number of benzene rings is 1. The number of nitrogens with one attached hydrogen (secondary N) is 2. The predicted octanol–water partition coefficient (Wildman–Crippen LogP) is 5.59. The van der Waals surface area contributed by atoms with Gasteiger partial charge in [-0.15, -0.1) is 0 Å². The zero-order valence-corrected chi connectivity index (χ0v) is 23.8. The Balaban J connectivity index is 1.46. The van der Waals surface area contributed by atoms with Crippen molar-refractivity contribution < 1.29 is 23.8 Å². The van der Waals surface area contributed by atoms with Crippen molar-refractivity contribution >= 4 is 12.0 Å². The summed E-state index contributed by atoms with van der Waals surface area (Å²) in [5, 5.41) is 6.07. The number of hydrogen-bond acceptors (Lipinski definition) is 6. The molecule has 0 unspecified atom stereocenters. The van der Waals surface area contributed by atoms with E-state index in [1.807, 2.05) is 45.9 Å². The number of nitrogens with zero attached hydrogens (tertiary/aromatic N) is 1. The lowest BCUT2D eigenvalue weighted by Gasteiger charge is -2.31. The van der Waals surface area contributed by atoms with E-state index in [-0.39, 0.29) is 24.1 Å². The molecule has 1 aliphatic carbocycles. The van der Waals surface area contributed by atoms with Gasteiger partial charge >= 0.3 is 6.09 Å². The number of pyridine rings is 1. The molecule has 2 aromatic rings. The summed E-state index contributed by atoms with van der Waals surface area (Å²) in [6.45, 7) is 7.87. The fraction of sp³-hybridized carbons (Fsp3) is 0.516. The van der Waals surface area contributed by atoms with Crippen LogP contribution in [0.1, 0.15) is 85.6 Å². The smallest absolute Gasteiger partial charge is 0.407 e. The molecular weight excluding hydrogens is 494 g/mol. The summed E-state index contributed by atoms with van der Waals surface area (Å²) in [4.78, 5) is 30.0. The number of carbonyl (C=O) groups excluding carboxylic acids is 2. The van der Waals surface area contributed by atoms with Crippen molar-refractivity contribution in [1.29, 1.82) is 0 Å². The molecule has 0 radical (unpaired) electrons. The molecule has 2 amide bonds. The van der Waals surface area contributed by atoms with Gasteiger partial charge in [-0.3, -0.25) is 4.79 Å². The molecule has 4 rings (SSSR count). The van der Waals surface area contributed by atoms with E-state index in [2.05, 4.69) is 33.8 Å². The molecule has 1 aromatic carbocycles. The number of hydrogen-bond donors (Lipinski definition) is 2. The molecule has 1 aromatic heterocycles. The maximum Gasteiger partial charge on any atom is 0.407 e. The van der Waals surface area contributed by atoms with Crippen LogP contribution in [0.2, 0.25) is 0 Å². The Bertz CT molecular complexity index is 1210. The van der Waals surface area contributed by atoms with Crippen LogP contribution in [0.15, 0.2) is 36.4 Å². The van der Waals surface area contributed by atoms with Crippen LogP contribution in [0.5, 0.6) is 11.6 Å². The van der Waals surface area contributed by atoms with Crippen LogP contribution in [-0.2, 0) is 24.1 Å². The van der Waals surface area contributed by atoms with Gasteiger partial charge in [0.15, 0.2) is 0 Å². The van der Waals surface area contributed by atoms with Gasteiger partial charge in [-0.25, -0.2) is 9.78 Å². The van der Waals surface area contributed by atoms with Crippen molar-refractivity contribution in [3.05, 3.63) is 64.4 Å². The van der Waals surface area contributed by atoms with Crippen molar-refractivity contribution in [3.63, 3.8) is 0 Å². The molecule has 0 spiro atoms. The summed E-state index contributed by atoms with van der Waals surface area (Å²) >= 11 is 0. The third kappa shape index (κ3) is 7.74. The van der Waals surface area contributed by atoms with Gasteiger partial charge in [-0.05, 0) is 96.4 Å². The Morgan fingerprint density at radius 1 is 1.10 bits per heavy atom. The number of methoxy groups -OCH3 is 1. The first-order valence-electron chi connectivity index (χ1n) is 13.9. The lowest BCUT2D eigenvalue weighted by Crippen LogP contribution is -2.42. The van der Waals surface area contributed by atoms with Crippen LogP contribution in [0.25, 0.3) is 0 Å². The molecule has 8 nitrogen and oxygen atoms in total. The highest BCUT2D eigenvalue weighted by atomic mass is 16.6. The van der Waals surface area contributed by atoms with Crippen molar-refractivity contribution in [1.82, 2.24) is 15.6 Å². The summed E-state index contributed by atoms with van der Waals surface area (Å²) in [6.07, 6.45) is 9.51. The lowest BCUT2D eigenvalue weighted by molar-refractivity contribution is 0.0470. The Kier molecular flexibility index (Phi) is 9.15. The SMILES string of the molecule is COc1nc(C)cc2c1CNC(=O)c1cccc(OC3CCC(NC(=O)OC(C)(C)C)CC3)c1C/C=C\CC2. The van der Waals surface area contributed by atoms with Gasteiger partial charge in [0, 0.05) is 35.0 Å². The zero-order valence-electron chi connectivity index (χ0n) is 23.8. The van der Waals surface area contributed by atoms with E-state index in [0.29, 0.717) is 24.4 Å².